The van der Waals surface area contributed by atoms with Gasteiger partial charge in [-0.05, 0) is 24.3 Å². The van der Waals surface area contributed by atoms with Crippen LogP contribution in [-0.4, -0.2) is 26.1 Å². The number of hydrogen-bond acceptors (Lipinski definition) is 9. The topological polar surface area (TPSA) is 197 Å². The van der Waals surface area contributed by atoms with Crippen LogP contribution in [0.25, 0.3) is 22.1 Å². The minimum atomic E-state index is -4.96. The standard InChI is InChI=1S/C19H13F6N6O7P/c1-39(36,37-30-12-4-8(26)6(18(20,21)22)2-10(12)28-14(32)16(30)34)38-31-13-5-9(27)7(19(23,24)25)3-11(13)29-15(33)17(31)35/h2-5H,26-27H2,1H3,(H,28,32)(H,29,33). The lowest BCUT2D eigenvalue weighted by Gasteiger charge is -2.20. The van der Waals surface area contributed by atoms with E-state index in [2.05, 4.69) is 0 Å². The number of nitrogens with zero attached hydrogens (tertiary/aromatic N) is 2. The molecule has 4 rings (SSSR count). The number of aromatic amines is 2. The first-order valence-electron chi connectivity index (χ1n) is 10.1. The third kappa shape index (κ3) is 4.95. The Kier molecular flexibility index (Phi) is 6.10. The summed E-state index contributed by atoms with van der Waals surface area (Å²) in [5.41, 5.74) is -2.52. The number of anilines is 2. The van der Waals surface area contributed by atoms with Gasteiger partial charge in [0.05, 0.1) is 28.8 Å². The van der Waals surface area contributed by atoms with Gasteiger partial charge >= 0.3 is 42.2 Å². The minimum Gasteiger partial charge on any atom is -0.398 e. The van der Waals surface area contributed by atoms with Crippen LogP contribution in [-0.2, 0) is 16.9 Å². The molecular weight excluding hydrogens is 569 g/mol. The average Bonchev–Trinajstić information content (AvgIpc) is 2.79. The van der Waals surface area contributed by atoms with E-state index in [-0.39, 0.29) is 9.46 Å². The van der Waals surface area contributed by atoms with Gasteiger partial charge in [0.2, 0.25) is 0 Å². The summed E-state index contributed by atoms with van der Waals surface area (Å²) in [5.74, 6) is 0. The number of halogens is 6. The molecular formula is C19H13F6N6O7P. The van der Waals surface area contributed by atoms with Crippen LogP contribution in [0.2, 0.25) is 0 Å². The first kappa shape index (κ1) is 27.4. The van der Waals surface area contributed by atoms with Crippen molar-refractivity contribution in [3.8, 4) is 0 Å². The summed E-state index contributed by atoms with van der Waals surface area (Å²) in [7, 11) is -4.86. The Morgan fingerprint density at radius 1 is 0.718 bits per heavy atom. The molecule has 0 fully saturated rings. The number of hydrogen-bond donors (Lipinski definition) is 4. The summed E-state index contributed by atoms with van der Waals surface area (Å²) in [6.45, 7) is 0.618. The van der Waals surface area contributed by atoms with Gasteiger partial charge in [-0.15, -0.1) is 9.46 Å². The van der Waals surface area contributed by atoms with E-state index in [9.17, 15) is 50.1 Å². The molecule has 2 heterocycles. The normalized spacial score (nSPS) is 12.7. The number of nitrogen functional groups attached to an aromatic ring is 2. The number of rotatable bonds is 4. The Morgan fingerprint density at radius 2 is 1.05 bits per heavy atom. The molecule has 0 aliphatic heterocycles. The molecule has 39 heavy (non-hydrogen) atoms. The monoisotopic (exact) mass is 582 g/mol. The van der Waals surface area contributed by atoms with Crippen molar-refractivity contribution in [2.24, 2.45) is 0 Å². The van der Waals surface area contributed by atoms with E-state index in [4.69, 9.17) is 20.7 Å². The van der Waals surface area contributed by atoms with E-state index in [1.165, 1.54) is 0 Å². The largest absolute Gasteiger partial charge is 0.464 e. The molecule has 6 N–H and O–H groups in total. The molecule has 20 heteroatoms. The summed E-state index contributed by atoms with van der Waals surface area (Å²) < 4.78 is 102. The Labute approximate surface area is 208 Å². The third-order valence-corrected chi connectivity index (χ3v) is 6.02. The molecule has 4 aromatic rings. The summed E-state index contributed by atoms with van der Waals surface area (Å²) in [4.78, 5) is 52.7. The predicted octanol–water partition coefficient (Wildman–Crippen LogP) is 1.28. The Morgan fingerprint density at radius 3 is 1.36 bits per heavy atom. The van der Waals surface area contributed by atoms with E-state index in [1.807, 2.05) is 9.97 Å². The summed E-state index contributed by atoms with van der Waals surface area (Å²) in [6, 6.07) is 1.90. The zero-order valence-corrected chi connectivity index (χ0v) is 19.8. The van der Waals surface area contributed by atoms with Gasteiger partial charge in [0.15, 0.2) is 0 Å². The van der Waals surface area contributed by atoms with Crippen molar-refractivity contribution in [3.05, 3.63) is 76.8 Å². The third-order valence-electron chi connectivity index (χ3n) is 5.10. The van der Waals surface area contributed by atoms with Crippen LogP contribution in [0.1, 0.15) is 11.1 Å². The van der Waals surface area contributed by atoms with Crippen LogP contribution in [0.4, 0.5) is 37.7 Å². The lowest BCUT2D eigenvalue weighted by Crippen LogP contribution is -2.42. The van der Waals surface area contributed by atoms with Crippen molar-refractivity contribution in [1.29, 1.82) is 0 Å². The lowest BCUT2D eigenvalue weighted by molar-refractivity contribution is -0.137. The highest BCUT2D eigenvalue weighted by atomic mass is 31.2. The second kappa shape index (κ2) is 8.69. The number of nitrogens with two attached hydrogens (primary N) is 2. The molecule has 13 nitrogen and oxygen atoms in total. The summed E-state index contributed by atoms with van der Waals surface area (Å²) >= 11 is 0. The van der Waals surface area contributed by atoms with Gasteiger partial charge in [-0.2, -0.15) is 26.3 Å². The maximum atomic E-state index is 13.2. The number of H-pyrrole nitrogens is 2. The summed E-state index contributed by atoms with van der Waals surface area (Å²) in [5, 5.41) is 0. The van der Waals surface area contributed by atoms with Crippen molar-refractivity contribution in [3.63, 3.8) is 0 Å². The van der Waals surface area contributed by atoms with Gasteiger partial charge in [0, 0.05) is 11.4 Å². The maximum Gasteiger partial charge on any atom is 0.464 e. The molecule has 0 saturated heterocycles. The number of benzene rings is 2. The lowest BCUT2D eigenvalue weighted by atomic mass is 10.1. The van der Waals surface area contributed by atoms with E-state index in [0.29, 0.717) is 30.9 Å². The highest BCUT2D eigenvalue weighted by molar-refractivity contribution is 7.53. The van der Waals surface area contributed by atoms with Crippen LogP contribution in [0.5, 0.6) is 0 Å². The first-order valence-corrected chi connectivity index (χ1v) is 12.1. The predicted molar refractivity (Wildman–Crippen MR) is 123 cm³/mol. The van der Waals surface area contributed by atoms with Crippen LogP contribution < -0.4 is 43.0 Å². The second-order valence-corrected chi connectivity index (χ2v) is 9.82. The van der Waals surface area contributed by atoms with Crippen molar-refractivity contribution in [2.75, 3.05) is 18.1 Å². The molecule has 0 radical (unpaired) electrons. The SMILES string of the molecule is CP(=O)(On1c(=O)c(=O)[nH]c2cc(C(F)(F)F)c(N)cc21)On1c(=O)c(=O)[nH]c2cc(C(F)(F)F)c(N)cc21. The molecule has 0 atom stereocenters. The van der Waals surface area contributed by atoms with Gasteiger partial charge in [-0.3, -0.25) is 19.2 Å². The Bertz CT molecular complexity index is 1820. The minimum absolute atomic E-state index is 0.0119. The second-order valence-electron chi connectivity index (χ2n) is 7.95. The van der Waals surface area contributed by atoms with Crippen molar-refractivity contribution in [2.45, 2.75) is 12.4 Å². The molecule has 0 spiro atoms. The van der Waals surface area contributed by atoms with E-state index in [1.54, 1.807) is 0 Å². The smallest absolute Gasteiger partial charge is 0.398 e. The number of fused-ring (bicyclic) bond motifs is 2. The quantitative estimate of drug-likeness (QED) is 0.119. The van der Waals surface area contributed by atoms with Crippen LogP contribution >= 0.6 is 7.60 Å². The molecule has 0 saturated carbocycles. The molecule has 2 aromatic carbocycles. The summed E-state index contributed by atoms with van der Waals surface area (Å²) in [6.07, 6.45) is -9.92. The van der Waals surface area contributed by atoms with Gasteiger partial charge in [-0.25, -0.2) is 4.57 Å². The average molecular weight is 582 g/mol. The highest BCUT2D eigenvalue weighted by Crippen LogP contribution is 2.39. The van der Waals surface area contributed by atoms with Gasteiger partial charge in [0.1, 0.15) is 11.0 Å². The van der Waals surface area contributed by atoms with Gasteiger partial charge in [0.25, 0.3) is 0 Å². The Balaban J connectivity index is 1.88. The zero-order valence-electron chi connectivity index (χ0n) is 18.9. The van der Waals surface area contributed by atoms with Crippen LogP contribution in [0.3, 0.4) is 0 Å². The fourth-order valence-corrected chi connectivity index (χ4v) is 4.41. The molecule has 2 aromatic heterocycles. The molecule has 0 amide bonds. The van der Waals surface area contributed by atoms with Crippen LogP contribution in [0, 0.1) is 0 Å². The van der Waals surface area contributed by atoms with E-state index in [0.717, 1.165) is 0 Å². The Hall–Kier alpha value is -4.67. The van der Waals surface area contributed by atoms with E-state index >= 15 is 0 Å². The molecule has 208 valence electrons. The molecule has 0 unspecified atom stereocenters. The van der Waals surface area contributed by atoms with Crippen molar-refractivity contribution < 1.29 is 40.2 Å². The molecule has 0 bridgehead atoms. The fraction of sp³-hybridized carbons (Fsp3) is 0.158. The fourth-order valence-electron chi connectivity index (χ4n) is 3.46. The number of alkyl halides is 6. The van der Waals surface area contributed by atoms with Crippen molar-refractivity contribution in [1.82, 2.24) is 19.4 Å². The zero-order chi connectivity index (χ0) is 29.2. The first-order chi connectivity index (χ1) is 17.8. The maximum absolute atomic E-state index is 13.2. The van der Waals surface area contributed by atoms with Gasteiger partial charge in [-0.1, -0.05) is 0 Å². The number of nitrogens with one attached hydrogen (secondary N) is 2. The molecule has 0 aliphatic rings. The van der Waals surface area contributed by atoms with Gasteiger partial charge < -0.3 is 30.7 Å². The molecule has 0 aliphatic carbocycles. The highest BCUT2D eigenvalue weighted by Gasteiger charge is 2.36. The van der Waals surface area contributed by atoms with E-state index < -0.39 is 86.8 Å². The number of aromatic nitrogens is 4. The van der Waals surface area contributed by atoms with Crippen LogP contribution in [0.15, 0.2) is 43.4 Å². The van der Waals surface area contributed by atoms with Crippen molar-refractivity contribution >= 4 is 41.0 Å².